The summed E-state index contributed by atoms with van der Waals surface area (Å²) in [6, 6.07) is 0. The number of hydrogen-bond donors (Lipinski definition) is 1. The van der Waals surface area contributed by atoms with Crippen LogP contribution in [0.1, 0.15) is 78.6 Å². The fourth-order valence-corrected chi connectivity index (χ4v) is 8.41. The van der Waals surface area contributed by atoms with Crippen LogP contribution in [0.5, 0.6) is 0 Å². The molecule has 2 nitrogen and oxygen atoms in total. The summed E-state index contributed by atoms with van der Waals surface area (Å²) in [5.74, 6) is 2.33. The van der Waals surface area contributed by atoms with E-state index in [4.69, 9.17) is 4.74 Å². The van der Waals surface area contributed by atoms with Crippen molar-refractivity contribution in [1.29, 1.82) is 0 Å². The van der Waals surface area contributed by atoms with Crippen LogP contribution in [-0.4, -0.2) is 24.4 Å². The van der Waals surface area contributed by atoms with Crippen LogP contribution in [0.15, 0.2) is 0 Å². The Labute approximate surface area is 142 Å². The normalized spacial score (nSPS) is 54.4. The van der Waals surface area contributed by atoms with Crippen molar-refractivity contribution >= 4 is 0 Å². The number of aliphatic hydroxyl groups excluding tert-OH is 1. The van der Waals surface area contributed by atoms with Crippen LogP contribution in [-0.2, 0) is 4.74 Å². The maximum atomic E-state index is 10.1. The molecule has 0 aromatic carbocycles. The number of aliphatic hydroxyl groups is 1. The van der Waals surface area contributed by atoms with E-state index in [2.05, 4.69) is 20.8 Å². The smallest absolute Gasteiger partial charge is 0.0941 e. The molecule has 23 heavy (non-hydrogen) atoms. The summed E-state index contributed by atoms with van der Waals surface area (Å²) in [5.41, 5.74) is 1.26. The van der Waals surface area contributed by atoms with Crippen LogP contribution in [0, 0.1) is 34.0 Å². The van der Waals surface area contributed by atoms with Crippen molar-refractivity contribution in [3.8, 4) is 0 Å². The van der Waals surface area contributed by atoms with Gasteiger partial charge in [0.15, 0.2) is 0 Å². The molecule has 1 spiro atoms. The zero-order valence-corrected chi connectivity index (χ0v) is 15.7. The van der Waals surface area contributed by atoms with Crippen molar-refractivity contribution in [1.82, 2.24) is 0 Å². The topological polar surface area (TPSA) is 29.5 Å². The summed E-state index contributed by atoms with van der Waals surface area (Å²) in [7, 11) is 1.83. The van der Waals surface area contributed by atoms with E-state index in [1.807, 2.05) is 7.11 Å². The van der Waals surface area contributed by atoms with E-state index in [0.717, 1.165) is 18.3 Å². The van der Waals surface area contributed by atoms with Crippen LogP contribution in [0.25, 0.3) is 0 Å². The van der Waals surface area contributed by atoms with Gasteiger partial charge in [-0.05, 0) is 85.4 Å². The van der Waals surface area contributed by atoms with Gasteiger partial charge in [-0.3, -0.25) is 0 Å². The molecular weight excluding hydrogens is 284 g/mol. The highest BCUT2D eigenvalue weighted by Gasteiger charge is 2.67. The third kappa shape index (κ3) is 2.00. The first-order chi connectivity index (χ1) is 10.8. The lowest BCUT2D eigenvalue weighted by molar-refractivity contribution is -0.145. The highest BCUT2D eigenvalue weighted by Crippen LogP contribution is 2.73. The minimum absolute atomic E-state index is 0.217. The second-order valence-corrected chi connectivity index (χ2v) is 10.4. The third-order valence-electron chi connectivity index (χ3n) is 9.27. The maximum absolute atomic E-state index is 10.1. The lowest BCUT2D eigenvalue weighted by Gasteiger charge is -2.64. The van der Waals surface area contributed by atoms with Crippen LogP contribution in [0.2, 0.25) is 0 Å². The average Bonchev–Trinajstić information content (AvgIpc) is 2.74. The summed E-state index contributed by atoms with van der Waals surface area (Å²) in [6.07, 6.45) is 12.1. The molecule has 6 unspecified atom stereocenters. The molecule has 0 amide bonds. The maximum Gasteiger partial charge on any atom is 0.0941 e. The third-order valence-corrected chi connectivity index (χ3v) is 9.27. The zero-order chi connectivity index (χ0) is 16.5. The lowest BCUT2D eigenvalue weighted by atomic mass is 9.41. The molecule has 4 rings (SSSR count). The van der Waals surface area contributed by atoms with Gasteiger partial charge in [0.1, 0.15) is 0 Å². The molecule has 0 aromatic rings. The lowest BCUT2D eigenvalue weighted by Crippen LogP contribution is -2.55. The van der Waals surface area contributed by atoms with Gasteiger partial charge in [-0.2, -0.15) is 0 Å². The first kappa shape index (κ1) is 16.4. The number of rotatable bonds is 2. The Morgan fingerprint density at radius 2 is 1.78 bits per heavy atom. The first-order valence-electron chi connectivity index (χ1n) is 9.98. The van der Waals surface area contributed by atoms with Gasteiger partial charge in [0.25, 0.3) is 0 Å². The molecule has 132 valence electrons. The number of methoxy groups -OCH3 is 1. The molecule has 4 saturated carbocycles. The molecule has 0 radical (unpaired) electrons. The summed E-state index contributed by atoms with van der Waals surface area (Å²) in [4.78, 5) is 0. The quantitative estimate of drug-likeness (QED) is 0.792. The minimum atomic E-state index is -0.234. The highest BCUT2D eigenvalue weighted by atomic mass is 16.5. The van der Waals surface area contributed by atoms with Crippen LogP contribution in [0.3, 0.4) is 0 Å². The summed E-state index contributed by atoms with van der Waals surface area (Å²) < 4.78 is 5.97. The van der Waals surface area contributed by atoms with Crippen molar-refractivity contribution in [3.63, 3.8) is 0 Å². The monoisotopic (exact) mass is 320 g/mol. The van der Waals surface area contributed by atoms with E-state index in [1.165, 1.54) is 51.4 Å². The van der Waals surface area contributed by atoms with E-state index < -0.39 is 0 Å². The van der Waals surface area contributed by atoms with Crippen LogP contribution >= 0.6 is 0 Å². The zero-order valence-electron chi connectivity index (χ0n) is 15.7. The van der Waals surface area contributed by atoms with E-state index in [-0.39, 0.29) is 12.2 Å². The fraction of sp³-hybridized carbons (Fsp3) is 1.00. The van der Waals surface area contributed by atoms with Gasteiger partial charge in [0.05, 0.1) is 12.2 Å². The SMILES string of the molecule is COC1(CO)CC23CCC4C(C)(C)CCCC4(C)C2CCC1C3. The van der Waals surface area contributed by atoms with E-state index >= 15 is 0 Å². The van der Waals surface area contributed by atoms with Crippen LogP contribution in [0.4, 0.5) is 0 Å². The van der Waals surface area contributed by atoms with E-state index in [0.29, 0.717) is 22.2 Å². The Kier molecular flexibility index (Phi) is 3.54. The van der Waals surface area contributed by atoms with Crippen molar-refractivity contribution in [2.45, 2.75) is 84.2 Å². The van der Waals surface area contributed by atoms with Gasteiger partial charge in [-0.15, -0.1) is 0 Å². The summed E-state index contributed by atoms with van der Waals surface area (Å²) in [6.45, 7) is 7.91. The van der Waals surface area contributed by atoms with Crippen LogP contribution < -0.4 is 0 Å². The Balaban J connectivity index is 1.71. The molecule has 4 aliphatic rings. The number of fused-ring (bicyclic) bond motifs is 3. The van der Waals surface area contributed by atoms with Gasteiger partial charge in [0.2, 0.25) is 0 Å². The summed E-state index contributed by atoms with van der Waals surface area (Å²) in [5, 5.41) is 10.1. The number of ether oxygens (including phenoxy) is 1. The van der Waals surface area contributed by atoms with Gasteiger partial charge >= 0.3 is 0 Å². The summed E-state index contributed by atoms with van der Waals surface area (Å²) >= 11 is 0. The molecule has 2 heteroatoms. The Bertz CT molecular complexity index is 480. The fourth-order valence-electron chi connectivity index (χ4n) is 8.41. The predicted molar refractivity (Wildman–Crippen MR) is 93.2 cm³/mol. The number of hydrogen-bond acceptors (Lipinski definition) is 2. The molecule has 1 N–H and O–H groups in total. The van der Waals surface area contributed by atoms with E-state index in [9.17, 15) is 5.11 Å². The Morgan fingerprint density at radius 1 is 1.00 bits per heavy atom. The van der Waals surface area contributed by atoms with E-state index in [1.54, 1.807) is 0 Å². The van der Waals surface area contributed by atoms with Gasteiger partial charge in [-0.25, -0.2) is 0 Å². The van der Waals surface area contributed by atoms with Crippen molar-refractivity contribution < 1.29 is 9.84 Å². The first-order valence-corrected chi connectivity index (χ1v) is 9.98. The Hall–Kier alpha value is -0.0800. The molecular formula is C21H36O2. The second kappa shape index (κ2) is 4.97. The minimum Gasteiger partial charge on any atom is -0.393 e. The molecule has 0 aromatic heterocycles. The molecule has 0 heterocycles. The van der Waals surface area contributed by atoms with Gasteiger partial charge in [-0.1, -0.05) is 27.2 Å². The molecule has 0 saturated heterocycles. The van der Waals surface area contributed by atoms with Crippen molar-refractivity contribution in [2.24, 2.45) is 34.0 Å². The predicted octanol–water partition coefficient (Wildman–Crippen LogP) is 4.80. The molecule has 0 aliphatic heterocycles. The molecule has 4 fully saturated rings. The molecule has 4 aliphatic carbocycles. The standard InChI is InChI=1S/C21H36O2/c1-18(2)9-5-10-19(3)16(18)8-11-20-12-15(6-7-17(19)20)21(13-20,14-22)23-4/h15-17,22H,5-14H2,1-4H3. The average molecular weight is 321 g/mol. The molecule has 2 bridgehead atoms. The van der Waals surface area contributed by atoms with Gasteiger partial charge < -0.3 is 9.84 Å². The Morgan fingerprint density at radius 3 is 2.48 bits per heavy atom. The van der Waals surface area contributed by atoms with Crippen molar-refractivity contribution in [2.75, 3.05) is 13.7 Å². The van der Waals surface area contributed by atoms with Crippen molar-refractivity contribution in [3.05, 3.63) is 0 Å². The second-order valence-electron chi connectivity index (χ2n) is 10.4. The van der Waals surface area contributed by atoms with Gasteiger partial charge in [0, 0.05) is 7.11 Å². The molecule has 6 atom stereocenters. The highest BCUT2D eigenvalue weighted by molar-refractivity contribution is 5.16. The largest absolute Gasteiger partial charge is 0.393 e.